The number of amides is 9. The lowest BCUT2D eigenvalue weighted by molar-refractivity contribution is -0.144. The second-order valence-corrected chi connectivity index (χ2v) is 15.6. The van der Waals surface area contributed by atoms with Crippen LogP contribution in [0.1, 0.15) is 89.9 Å². The van der Waals surface area contributed by atoms with E-state index in [0.29, 0.717) is 18.4 Å². The van der Waals surface area contributed by atoms with Crippen LogP contribution in [0.15, 0.2) is 35.3 Å². The fraction of sp³-hybridized carbons (Fsp3) is 0.585. The summed E-state index contributed by atoms with van der Waals surface area (Å²) in [6.07, 6.45) is 1.31. The van der Waals surface area contributed by atoms with Crippen LogP contribution >= 0.6 is 0 Å². The number of carboxylic acid groups (broad SMARTS) is 1. The number of unbranched alkanes of at least 4 members (excludes halogenated alkanes) is 1. The van der Waals surface area contributed by atoms with E-state index in [9.17, 15) is 58.2 Å². The number of aliphatic hydroxyl groups excluding tert-OH is 1. The molecule has 1 aliphatic rings. The molecule has 0 aromatic heterocycles. The fourth-order valence-electron chi connectivity index (χ4n) is 6.52. The fourth-order valence-corrected chi connectivity index (χ4v) is 6.52. The van der Waals surface area contributed by atoms with Crippen molar-refractivity contribution >= 4 is 65.1 Å². The lowest BCUT2D eigenvalue weighted by atomic mass is 10.0. The van der Waals surface area contributed by atoms with Crippen molar-refractivity contribution in [3.05, 3.63) is 35.9 Å². The highest BCUT2D eigenvalue weighted by atomic mass is 16.4. The molecule has 0 spiro atoms. The zero-order valence-electron chi connectivity index (χ0n) is 37.3. The minimum atomic E-state index is -1.64. The molecule has 24 nitrogen and oxygen atoms in total. The number of benzene rings is 1. The van der Waals surface area contributed by atoms with E-state index < -0.39 is 108 Å². The molecule has 2 rings (SSSR count). The number of hydrogen-bond acceptors (Lipinski definition) is 12. The summed E-state index contributed by atoms with van der Waals surface area (Å²) in [5.74, 6) is -7.86. The molecular formula is C41H64N12O12. The molecule has 1 heterocycles. The molecule has 1 fully saturated rings. The van der Waals surface area contributed by atoms with Crippen LogP contribution in [-0.4, -0.2) is 155 Å². The average Bonchev–Trinajstić information content (AvgIpc) is 3.75. The first-order chi connectivity index (χ1) is 30.7. The van der Waals surface area contributed by atoms with Crippen molar-refractivity contribution in [1.29, 1.82) is 0 Å². The summed E-state index contributed by atoms with van der Waals surface area (Å²) in [6.45, 7) is 6.04. The number of nitrogens with one attached hydrogen (secondary N) is 8. The van der Waals surface area contributed by atoms with E-state index in [1.165, 1.54) is 39.5 Å². The lowest BCUT2D eigenvalue weighted by Gasteiger charge is -2.29. The number of aliphatic carboxylic acids is 1. The molecule has 14 N–H and O–H groups in total. The number of carbonyl (C=O) groups is 10. The third kappa shape index (κ3) is 18.8. The maximum absolute atomic E-state index is 13.9. The van der Waals surface area contributed by atoms with Crippen molar-refractivity contribution in [2.75, 3.05) is 26.2 Å². The van der Waals surface area contributed by atoms with E-state index in [-0.39, 0.29) is 63.6 Å². The van der Waals surface area contributed by atoms with Crippen molar-refractivity contribution < 1.29 is 58.2 Å². The molecule has 8 atom stereocenters. The molecule has 0 bridgehead atoms. The van der Waals surface area contributed by atoms with Gasteiger partial charge in [-0.2, -0.15) is 0 Å². The van der Waals surface area contributed by atoms with Gasteiger partial charge in [0.1, 0.15) is 48.3 Å². The SMILES string of the molecule is CC(=O)N[C@@H](C)C(=O)N[C@@H](C)C(=O)N[C@@H](CCCN=C(N)N)C(=O)N[C@@H](CCCCNC(=O)c1ccccc1)C(=O)N[C@@H](CO)C(=O)N[C@@H](C)C(=O)N1CCC[C@H]1C(=O)N[C@@H](C)C(=O)O. The maximum atomic E-state index is 13.9. The monoisotopic (exact) mass is 916 g/mol. The number of guanidine groups is 1. The quantitative estimate of drug-likeness (QED) is 0.0241. The van der Waals surface area contributed by atoms with Gasteiger partial charge in [-0.15, -0.1) is 0 Å². The van der Waals surface area contributed by atoms with Gasteiger partial charge in [-0.05, 0) is 84.8 Å². The number of hydrogen-bond donors (Lipinski definition) is 12. The Morgan fingerprint density at radius 3 is 1.82 bits per heavy atom. The van der Waals surface area contributed by atoms with E-state index in [4.69, 9.17) is 11.5 Å². The number of rotatable bonds is 26. The molecule has 9 amide bonds. The van der Waals surface area contributed by atoms with Crippen LogP contribution in [0.4, 0.5) is 0 Å². The van der Waals surface area contributed by atoms with Gasteiger partial charge in [0.05, 0.1) is 6.61 Å². The zero-order valence-corrected chi connectivity index (χ0v) is 37.3. The zero-order chi connectivity index (χ0) is 48.8. The minimum Gasteiger partial charge on any atom is -0.480 e. The normalized spacial score (nSPS) is 16.3. The minimum absolute atomic E-state index is 0.0527. The van der Waals surface area contributed by atoms with Crippen molar-refractivity contribution in [3.63, 3.8) is 0 Å². The molecular weight excluding hydrogens is 853 g/mol. The second-order valence-electron chi connectivity index (χ2n) is 15.6. The maximum Gasteiger partial charge on any atom is 0.325 e. The number of nitrogens with two attached hydrogens (primary N) is 2. The summed E-state index contributed by atoms with van der Waals surface area (Å²) >= 11 is 0. The molecule has 65 heavy (non-hydrogen) atoms. The molecule has 0 unspecified atom stereocenters. The van der Waals surface area contributed by atoms with Gasteiger partial charge in [0.25, 0.3) is 5.91 Å². The molecule has 0 saturated carbocycles. The number of likely N-dealkylation sites (tertiary alicyclic amines) is 1. The van der Waals surface area contributed by atoms with Gasteiger partial charge < -0.3 is 69.1 Å². The number of aliphatic hydroxyl groups is 1. The highest BCUT2D eigenvalue weighted by molar-refractivity contribution is 5.98. The van der Waals surface area contributed by atoms with Gasteiger partial charge in [0.15, 0.2) is 5.96 Å². The molecule has 1 aliphatic heterocycles. The van der Waals surface area contributed by atoms with E-state index >= 15 is 0 Å². The van der Waals surface area contributed by atoms with E-state index in [2.05, 4.69) is 47.5 Å². The van der Waals surface area contributed by atoms with Gasteiger partial charge in [0.2, 0.25) is 47.3 Å². The summed E-state index contributed by atoms with van der Waals surface area (Å²) in [4.78, 5) is 134. The summed E-state index contributed by atoms with van der Waals surface area (Å²) in [5, 5.41) is 39.3. The van der Waals surface area contributed by atoms with E-state index in [0.717, 1.165) is 0 Å². The Morgan fingerprint density at radius 2 is 1.23 bits per heavy atom. The predicted molar refractivity (Wildman–Crippen MR) is 234 cm³/mol. The predicted octanol–water partition coefficient (Wildman–Crippen LogP) is -3.80. The Kier molecular flexibility index (Phi) is 22.9. The van der Waals surface area contributed by atoms with Crippen LogP contribution in [0.5, 0.6) is 0 Å². The average molecular weight is 917 g/mol. The van der Waals surface area contributed by atoms with Crippen LogP contribution in [-0.2, 0) is 43.2 Å². The summed E-state index contributed by atoms with van der Waals surface area (Å²) in [5.41, 5.74) is 11.3. The lowest BCUT2D eigenvalue weighted by Crippen LogP contribution is -2.60. The molecule has 1 aromatic rings. The van der Waals surface area contributed by atoms with Gasteiger partial charge in [-0.1, -0.05) is 18.2 Å². The molecule has 24 heteroatoms. The van der Waals surface area contributed by atoms with Gasteiger partial charge in [-0.3, -0.25) is 52.9 Å². The third-order valence-electron chi connectivity index (χ3n) is 10.1. The highest BCUT2D eigenvalue weighted by Gasteiger charge is 2.38. The van der Waals surface area contributed by atoms with Crippen LogP contribution in [0.2, 0.25) is 0 Å². The number of carbonyl (C=O) groups excluding carboxylic acids is 9. The van der Waals surface area contributed by atoms with Crippen LogP contribution in [0.3, 0.4) is 0 Å². The first-order valence-corrected chi connectivity index (χ1v) is 21.3. The van der Waals surface area contributed by atoms with Crippen molar-refractivity contribution in [3.8, 4) is 0 Å². The van der Waals surface area contributed by atoms with Crippen molar-refractivity contribution in [2.45, 2.75) is 128 Å². The smallest absolute Gasteiger partial charge is 0.325 e. The first-order valence-electron chi connectivity index (χ1n) is 21.3. The van der Waals surface area contributed by atoms with E-state index in [1.807, 2.05) is 0 Å². The summed E-state index contributed by atoms with van der Waals surface area (Å²) in [7, 11) is 0. The molecule has 0 aliphatic carbocycles. The van der Waals surface area contributed by atoms with Crippen molar-refractivity contribution in [2.24, 2.45) is 16.5 Å². The molecule has 0 radical (unpaired) electrons. The van der Waals surface area contributed by atoms with Crippen LogP contribution < -0.4 is 54.0 Å². The highest BCUT2D eigenvalue weighted by Crippen LogP contribution is 2.19. The Bertz CT molecular complexity index is 1880. The Balaban J connectivity index is 2.26. The summed E-state index contributed by atoms with van der Waals surface area (Å²) < 4.78 is 0. The van der Waals surface area contributed by atoms with Gasteiger partial charge >= 0.3 is 5.97 Å². The largest absolute Gasteiger partial charge is 0.480 e. The number of carboxylic acids is 1. The standard InChI is InChI=1S/C41H64N12O12/c1-22(46-26(5)55)32(56)47-23(2)33(57)50-29(16-11-19-45-41(42)43)35(59)51-28(15-9-10-18-44-34(58)27-13-7-6-8-14-27)36(60)52-30(21-54)37(61)48-24(3)39(63)53-20-12-17-31(53)38(62)49-25(4)40(64)65/h6-8,13-14,22-25,28-31,54H,9-12,15-21H2,1-5H3,(H,44,58)(H,46,55)(H,47,56)(H,48,61)(H,49,62)(H,50,57)(H,51,59)(H,52,60)(H,64,65)(H4,42,43,45)/t22-,23-,24-,25-,28-,29-,30-,31-/m0/s1. The molecule has 360 valence electrons. The Morgan fingerprint density at radius 1 is 0.692 bits per heavy atom. The van der Waals surface area contributed by atoms with Crippen molar-refractivity contribution in [1.82, 2.24) is 47.4 Å². The van der Waals surface area contributed by atoms with E-state index in [1.54, 1.807) is 30.3 Å². The van der Waals surface area contributed by atoms with Crippen LogP contribution in [0.25, 0.3) is 0 Å². The topological polar surface area (TPSA) is 375 Å². The third-order valence-corrected chi connectivity index (χ3v) is 10.1. The molecule has 1 saturated heterocycles. The second kappa shape index (κ2) is 27.4. The Hall–Kier alpha value is -6.85. The van der Waals surface area contributed by atoms with Crippen LogP contribution in [0, 0.1) is 0 Å². The Labute approximate surface area is 376 Å². The van der Waals surface area contributed by atoms with Gasteiger partial charge in [0, 0.05) is 32.1 Å². The number of nitrogens with zero attached hydrogens (tertiary/aromatic N) is 2. The first kappa shape index (κ1) is 54.3. The molecule has 1 aromatic carbocycles. The number of aliphatic imine (C=N–C) groups is 1. The van der Waals surface area contributed by atoms with Gasteiger partial charge in [-0.25, -0.2) is 0 Å². The summed E-state index contributed by atoms with van der Waals surface area (Å²) in [6, 6.07) is -1.55.